The second-order valence-electron chi connectivity index (χ2n) is 4.55. The van der Waals surface area contributed by atoms with Crippen LogP contribution in [0.3, 0.4) is 0 Å². The first kappa shape index (κ1) is 17.6. The summed E-state index contributed by atoms with van der Waals surface area (Å²) in [4.78, 5) is 11.1. The Kier molecular flexibility index (Phi) is 5.91. The van der Waals surface area contributed by atoms with Gasteiger partial charge in [-0.05, 0) is 31.9 Å². The number of halogens is 3. The molecule has 0 radical (unpaired) electrons. The molecule has 0 amide bonds. The topological polar surface area (TPSA) is 63.2 Å². The van der Waals surface area contributed by atoms with Crippen LogP contribution in [0.5, 0.6) is 0 Å². The van der Waals surface area contributed by atoms with E-state index in [1.807, 2.05) is 0 Å². The number of rotatable bonds is 7. The van der Waals surface area contributed by atoms with Crippen molar-refractivity contribution in [2.45, 2.75) is 37.3 Å². The number of alkyl halides is 3. The monoisotopic (exact) mass is 323 g/mol. The highest BCUT2D eigenvalue weighted by Crippen LogP contribution is 2.22. The van der Waals surface area contributed by atoms with Crippen LogP contribution in [-0.2, 0) is 10.0 Å². The van der Waals surface area contributed by atoms with E-state index in [-0.39, 0.29) is 35.6 Å². The number of sulfonamides is 1. The van der Waals surface area contributed by atoms with E-state index in [9.17, 15) is 26.4 Å². The number of ketones is 1. The van der Waals surface area contributed by atoms with E-state index in [4.69, 9.17) is 0 Å². The number of hydrogen-bond donors (Lipinski definition) is 1. The normalized spacial score (nSPS) is 12.4. The van der Waals surface area contributed by atoms with Crippen LogP contribution >= 0.6 is 0 Å². The van der Waals surface area contributed by atoms with Crippen LogP contribution in [-0.4, -0.2) is 26.9 Å². The highest BCUT2D eigenvalue weighted by molar-refractivity contribution is 7.89. The van der Waals surface area contributed by atoms with Gasteiger partial charge in [0, 0.05) is 18.5 Å². The maximum Gasteiger partial charge on any atom is 0.389 e. The number of carbonyl (C=O) groups excluding carboxylic acids is 1. The van der Waals surface area contributed by atoms with E-state index in [1.54, 1.807) is 0 Å². The predicted molar refractivity (Wildman–Crippen MR) is 71.5 cm³/mol. The molecular weight excluding hydrogens is 307 g/mol. The van der Waals surface area contributed by atoms with Crippen molar-refractivity contribution in [3.63, 3.8) is 0 Å². The summed E-state index contributed by atoms with van der Waals surface area (Å²) >= 11 is 0. The number of carbonyl (C=O) groups is 1. The van der Waals surface area contributed by atoms with Gasteiger partial charge in [-0.25, -0.2) is 13.1 Å². The van der Waals surface area contributed by atoms with Gasteiger partial charge < -0.3 is 0 Å². The molecule has 0 atom stereocenters. The Bertz CT molecular complexity index is 597. The third-order valence-corrected chi connectivity index (χ3v) is 4.19. The van der Waals surface area contributed by atoms with Crippen LogP contribution in [0.1, 0.15) is 36.5 Å². The maximum absolute atomic E-state index is 11.9. The van der Waals surface area contributed by atoms with Crippen LogP contribution in [0.4, 0.5) is 13.2 Å². The molecule has 1 rings (SSSR count). The zero-order valence-electron chi connectivity index (χ0n) is 11.4. The minimum absolute atomic E-state index is 0.0778. The Labute approximate surface area is 121 Å². The third-order valence-electron chi connectivity index (χ3n) is 2.73. The highest BCUT2D eigenvalue weighted by Gasteiger charge is 2.26. The SMILES string of the molecule is CC(=O)c1cccc(S(=O)(=O)NCCCCC(F)(F)F)c1. The lowest BCUT2D eigenvalue weighted by Crippen LogP contribution is -2.25. The molecule has 118 valence electrons. The average Bonchev–Trinajstić information content (AvgIpc) is 2.37. The van der Waals surface area contributed by atoms with Gasteiger partial charge in [0.25, 0.3) is 0 Å². The first-order valence-corrected chi connectivity index (χ1v) is 7.77. The zero-order valence-corrected chi connectivity index (χ0v) is 12.2. The van der Waals surface area contributed by atoms with Gasteiger partial charge in [0.1, 0.15) is 0 Å². The lowest BCUT2D eigenvalue weighted by molar-refractivity contribution is -0.135. The molecule has 0 aliphatic carbocycles. The molecule has 4 nitrogen and oxygen atoms in total. The zero-order chi connectivity index (χ0) is 16.1. The van der Waals surface area contributed by atoms with Gasteiger partial charge in [-0.15, -0.1) is 0 Å². The van der Waals surface area contributed by atoms with Crippen molar-refractivity contribution < 1.29 is 26.4 Å². The number of Topliss-reactive ketones (excluding diaryl/α,β-unsaturated/α-hetero) is 1. The van der Waals surface area contributed by atoms with Crippen molar-refractivity contribution in [2.75, 3.05) is 6.54 Å². The third kappa shape index (κ3) is 6.26. The summed E-state index contributed by atoms with van der Waals surface area (Å²) in [6, 6.07) is 5.49. The molecule has 0 saturated heterocycles. The standard InChI is InChI=1S/C13H16F3NO3S/c1-10(18)11-5-4-6-12(9-11)21(19,20)17-8-3-2-7-13(14,15)16/h4-6,9,17H,2-3,7-8H2,1H3. The Morgan fingerprint density at radius 3 is 2.48 bits per heavy atom. The van der Waals surface area contributed by atoms with Crippen molar-refractivity contribution in [3.8, 4) is 0 Å². The van der Waals surface area contributed by atoms with Crippen molar-refractivity contribution in [3.05, 3.63) is 29.8 Å². The summed E-state index contributed by atoms with van der Waals surface area (Å²) in [6.07, 6.45) is -5.21. The minimum atomic E-state index is -4.23. The lowest BCUT2D eigenvalue weighted by atomic mass is 10.2. The summed E-state index contributed by atoms with van der Waals surface area (Å²) < 4.78 is 61.9. The van der Waals surface area contributed by atoms with Crippen molar-refractivity contribution in [1.29, 1.82) is 0 Å². The molecule has 0 unspecified atom stereocenters. The Morgan fingerprint density at radius 2 is 1.90 bits per heavy atom. The van der Waals surface area contributed by atoms with Crippen LogP contribution in [0, 0.1) is 0 Å². The number of benzene rings is 1. The van der Waals surface area contributed by atoms with E-state index in [2.05, 4.69) is 4.72 Å². The lowest BCUT2D eigenvalue weighted by Gasteiger charge is -2.08. The summed E-state index contributed by atoms with van der Waals surface area (Å²) in [5.74, 6) is -0.266. The molecule has 0 bridgehead atoms. The van der Waals surface area contributed by atoms with E-state index in [0.717, 1.165) is 0 Å². The van der Waals surface area contributed by atoms with E-state index in [1.165, 1.54) is 31.2 Å². The number of hydrogen-bond acceptors (Lipinski definition) is 3. The fraction of sp³-hybridized carbons (Fsp3) is 0.462. The Balaban J connectivity index is 2.58. The largest absolute Gasteiger partial charge is 0.389 e. The second kappa shape index (κ2) is 7.04. The summed E-state index contributed by atoms with van der Waals surface area (Å²) in [5, 5.41) is 0. The van der Waals surface area contributed by atoms with Gasteiger partial charge in [0.15, 0.2) is 5.78 Å². The highest BCUT2D eigenvalue weighted by atomic mass is 32.2. The second-order valence-corrected chi connectivity index (χ2v) is 6.32. The van der Waals surface area contributed by atoms with Gasteiger partial charge in [-0.1, -0.05) is 12.1 Å². The summed E-state index contributed by atoms with van der Waals surface area (Å²) in [6.45, 7) is 1.24. The quantitative estimate of drug-likeness (QED) is 0.620. The van der Waals surface area contributed by atoms with Crippen LogP contribution < -0.4 is 4.72 Å². The Hall–Kier alpha value is -1.41. The maximum atomic E-state index is 11.9. The fourth-order valence-electron chi connectivity index (χ4n) is 1.62. The van der Waals surface area contributed by atoms with Gasteiger partial charge >= 0.3 is 6.18 Å². The van der Waals surface area contributed by atoms with Gasteiger partial charge in [-0.2, -0.15) is 13.2 Å². The molecule has 21 heavy (non-hydrogen) atoms. The van der Waals surface area contributed by atoms with E-state index >= 15 is 0 Å². The van der Waals surface area contributed by atoms with Crippen molar-refractivity contribution >= 4 is 15.8 Å². The molecule has 0 heterocycles. The molecule has 1 aromatic rings. The molecular formula is C13H16F3NO3S. The molecule has 8 heteroatoms. The van der Waals surface area contributed by atoms with E-state index < -0.39 is 22.6 Å². The van der Waals surface area contributed by atoms with Gasteiger partial charge in [0.05, 0.1) is 4.90 Å². The first-order valence-electron chi connectivity index (χ1n) is 6.29. The molecule has 1 N–H and O–H groups in total. The summed E-state index contributed by atoms with van der Waals surface area (Å²) in [5.41, 5.74) is 0.259. The molecule has 0 aromatic heterocycles. The molecule has 0 saturated carbocycles. The smallest absolute Gasteiger partial charge is 0.295 e. The molecule has 1 aromatic carbocycles. The predicted octanol–water partition coefficient (Wildman–Crippen LogP) is 2.90. The number of nitrogens with one attached hydrogen (secondary N) is 1. The van der Waals surface area contributed by atoms with Crippen molar-refractivity contribution in [1.82, 2.24) is 4.72 Å². The molecule has 0 fully saturated rings. The van der Waals surface area contributed by atoms with Crippen LogP contribution in [0.25, 0.3) is 0 Å². The molecule has 0 spiro atoms. The van der Waals surface area contributed by atoms with Gasteiger partial charge in [-0.3, -0.25) is 4.79 Å². The van der Waals surface area contributed by atoms with Crippen LogP contribution in [0.2, 0.25) is 0 Å². The Morgan fingerprint density at radius 1 is 1.24 bits per heavy atom. The van der Waals surface area contributed by atoms with Crippen molar-refractivity contribution in [2.24, 2.45) is 0 Å². The van der Waals surface area contributed by atoms with Crippen LogP contribution in [0.15, 0.2) is 29.2 Å². The molecule has 0 aliphatic heterocycles. The van der Waals surface area contributed by atoms with E-state index in [0.29, 0.717) is 0 Å². The fourth-order valence-corrected chi connectivity index (χ4v) is 2.74. The number of unbranched alkanes of at least 4 members (excludes halogenated alkanes) is 1. The first-order chi connectivity index (χ1) is 9.62. The average molecular weight is 323 g/mol. The molecule has 0 aliphatic rings. The summed E-state index contributed by atoms with van der Waals surface area (Å²) in [7, 11) is -3.82. The minimum Gasteiger partial charge on any atom is -0.295 e. The van der Waals surface area contributed by atoms with Gasteiger partial charge in [0.2, 0.25) is 10.0 Å².